The number of carbonyl (C=O) groups is 5. The number of hydrogen-bond acceptors (Lipinski definition) is 7. The summed E-state index contributed by atoms with van der Waals surface area (Å²) in [6, 6.07) is 1.36. The molecule has 0 saturated carbocycles. The van der Waals surface area contributed by atoms with Crippen LogP contribution in [0.15, 0.2) is 24.3 Å². The highest BCUT2D eigenvalue weighted by Crippen LogP contribution is 2.12. The normalized spacial score (nSPS) is 15.1. The molecule has 5 atom stereocenters. The molecule has 1 rings (SSSR count). The monoisotopic (exact) mass is 493 g/mol. The van der Waals surface area contributed by atoms with Crippen molar-refractivity contribution in [1.29, 1.82) is 0 Å². The predicted octanol–water partition coefficient (Wildman–Crippen LogP) is -0.867. The molecule has 0 aliphatic heterocycles. The third-order valence-corrected chi connectivity index (χ3v) is 5.61. The van der Waals surface area contributed by atoms with E-state index in [1.165, 1.54) is 31.2 Å². The molecule has 0 radical (unpaired) electrons. The zero-order valence-electron chi connectivity index (χ0n) is 20.1. The van der Waals surface area contributed by atoms with E-state index in [2.05, 4.69) is 16.0 Å². The number of hydrogen-bond donors (Lipinski definition) is 7. The van der Waals surface area contributed by atoms with Crippen molar-refractivity contribution < 1.29 is 34.2 Å². The number of nitrogens with two attached hydrogens (primary N) is 2. The molecule has 0 saturated heterocycles. The number of phenols is 1. The van der Waals surface area contributed by atoms with Gasteiger partial charge in [-0.15, -0.1) is 0 Å². The van der Waals surface area contributed by atoms with Gasteiger partial charge in [0.25, 0.3) is 0 Å². The third-order valence-electron chi connectivity index (χ3n) is 5.61. The lowest BCUT2D eigenvalue weighted by atomic mass is 9.98. The Kier molecular flexibility index (Phi) is 11.7. The van der Waals surface area contributed by atoms with E-state index in [1.54, 1.807) is 6.92 Å². The summed E-state index contributed by atoms with van der Waals surface area (Å²) < 4.78 is 0. The Labute approximate surface area is 203 Å². The van der Waals surface area contributed by atoms with Crippen LogP contribution in [0.4, 0.5) is 0 Å². The van der Waals surface area contributed by atoms with Crippen molar-refractivity contribution in [3.8, 4) is 5.75 Å². The van der Waals surface area contributed by atoms with Crippen LogP contribution in [0.2, 0.25) is 0 Å². The van der Waals surface area contributed by atoms with Crippen LogP contribution in [0.25, 0.3) is 0 Å². The van der Waals surface area contributed by atoms with Crippen LogP contribution in [0.5, 0.6) is 5.75 Å². The third kappa shape index (κ3) is 10.0. The van der Waals surface area contributed by atoms with Gasteiger partial charge in [-0.1, -0.05) is 32.4 Å². The van der Waals surface area contributed by atoms with Crippen LogP contribution >= 0.6 is 0 Å². The Morgan fingerprint density at radius 2 is 1.49 bits per heavy atom. The van der Waals surface area contributed by atoms with E-state index in [0.717, 1.165) is 0 Å². The van der Waals surface area contributed by atoms with Gasteiger partial charge in [0.1, 0.15) is 23.9 Å². The molecule has 12 heteroatoms. The lowest BCUT2D eigenvalue weighted by molar-refractivity contribution is -0.142. The topological polar surface area (TPSA) is 214 Å². The highest BCUT2D eigenvalue weighted by molar-refractivity contribution is 5.94. The van der Waals surface area contributed by atoms with Crippen molar-refractivity contribution in [2.24, 2.45) is 17.4 Å². The zero-order valence-corrected chi connectivity index (χ0v) is 20.1. The summed E-state index contributed by atoms with van der Waals surface area (Å²) in [4.78, 5) is 60.6. The molecule has 0 heterocycles. The van der Waals surface area contributed by atoms with E-state index < -0.39 is 53.8 Å². The fraction of sp³-hybridized carbons (Fsp3) is 0.522. The van der Waals surface area contributed by atoms with Crippen LogP contribution in [-0.4, -0.2) is 64.0 Å². The molecule has 0 bridgehead atoms. The smallest absolute Gasteiger partial charge is 0.326 e. The molecule has 12 nitrogen and oxygen atoms in total. The van der Waals surface area contributed by atoms with Gasteiger partial charge in [-0.25, -0.2) is 4.79 Å². The van der Waals surface area contributed by atoms with Crippen LogP contribution < -0.4 is 27.4 Å². The van der Waals surface area contributed by atoms with Gasteiger partial charge in [-0.05, 0) is 37.0 Å². The molecule has 5 unspecified atom stereocenters. The predicted molar refractivity (Wildman–Crippen MR) is 127 cm³/mol. The van der Waals surface area contributed by atoms with Crippen molar-refractivity contribution in [1.82, 2.24) is 16.0 Å². The van der Waals surface area contributed by atoms with Crippen LogP contribution in [-0.2, 0) is 30.4 Å². The first kappa shape index (κ1) is 29.4. The van der Waals surface area contributed by atoms with E-state index in [-0.39, 0.29) is 30.9 Å². The number of carboxylic acid groups (broad SMARTS) is 1. The van der Waals surface area contributed by atoms with Crippen molar-refractivity contribution in [3.05, 3.63) is 29.8 Å². The van der Waals surface area contributed by atoms with Gasteiger partial charge < -0.3 is 37.6 Å². The summed E-state index contributed by atoms with van der Waals surface area (Å²) >= 11 is 0. The molecule has 1 aromatic rings. The Balaban J connectivity index is 2.83. The largest absolute Gasteiger partial charge is 0.508 e. The fourth-order valence-electron chi connectivity index (χ4n) is 3.08. The van der Waals surface area contributed by atoms with Crippen LogP contribution in [0.1, 0.15) is 45.6 Å². The average molecular weight is 494 g/mol. The lowest BCUT2D eigenvalue weighted by Gasteiger charge is -2.24. The minimum atomic E-state index is -1.29. The van der Waals surface area contributed by atoms with Crippen LogP contribution in [0.3, 0.4) is 0 Å². The molecule has 35 heavy (non-hydrogen) atoms. The van der Waals surface area contributed by atoms with E-state index in [0.29, 0.717) is 12.0 Å². The standard InChI is InChI=1S/C23H35N5O7/c1-4-12(2)19(25)22(33)27-16(9-10-18(24)30)21(32)26-13(3)20(31)28-17(23(34)35)11-14-5-7-15(29)8-6-14/h5-8,12-13,16-17,19,29H,4,9-11,25H2,1-3H3,(H2,24,30)(H,26,32)(H,27,33)(H,28,31)(H,34,35). The SMILES string of the molecule is CCC(C)C(N)C(=O)NC(CCC(N)=O)C(=O)NC(C)C(=O)NC(Cc1ccc(O)cc1)C(=O)O. The molecule has 0 aliphatic carbocycles. The summed E-state index contributed by atoms with van der Waals surface area (Å²) in [5.41, 5.74) is 11.6. The summed E-state index contributed by atoms with van der Waals surface area (Å²) in [6.07, 6.45) is 0.296. The number of benzene rings is 1. The van der Waals surface area contributed by atoms with Gasteiger partial charge in [-0.3, -0.25) is 19.2 Å². The number of phenolic OH excluding ortho intramolecular Hbond substituents is 1. The maximum Gasteiger partial charge on any atom is 0.326 e. The molecule has 0 spiro atoms. The van der Waals surface area contributed by atoms with Gasteiger partial charge in [0.2, 0.25) is 23.6 Å². The van der Waals surface area contributed by atoms with E-state index in [9.17, 15) is 34.2 Å². The second-order valence-electron chi connectivity index (χ2n) is 8.48. The first-order chi connectivity index (χ1) is 16.3. The van der Waals surface area contributed by atoms with Crippen molar-refractivity contribution in [3.63, 3.8) is 0 Å². The molecular weight excluding hydrogens is 458 g/mol. The van der Waals surface area contributed by atoms with Gasteiger partial charge in [0.05, 0.1) is 6.04 Å². The van der Waals surface area contributed by atoms with Gasteiger partial charge in [0, 0.05) is 12.8 Å². The zero-order chi connectivity index (χ0) is 26.7. The molecule has 194 valence electrons. The number of carboxylic acids is 1. The number of nitrogens with one attached hydrogen (secondary N) is 3. The van der Waals surface area contributed by atoms with Gasteiger partial charge >= 0.3 is 5.97 Å². The van der Waals surface area contributed by atoms with Gasteiger partial charge in [-0.2, -0.15) is 0 Å². The Morgan fingerprint density at radius 1 is 0.914 bits per heavy atom. The summed E-state index contributed by atoms with van der Waals surface area (Å²) in [5, 5.41) is 26.1. The molecule has 9 N–H and O–H groups in total. The van der Waals surface area contributed by atoms with E-state index >= 15 is 0 Å². The quantitative estimate of drug-likeness (QED) is 0.172. The summed E-state index contributed by atoms with van der Waals surface area (Å²) in [6.45, 7) is 5.00. The number of amides is 4. The first-order valence-electron chi connectivity index (χ1n) is 11.3. The average Bonchev–Trinajstić information content (AvgIpc) is 2.80. The molecular formula is C23H35N5O7. The second-order valence-corrected chi connectivity index (χ2v) is 8.48. The van der Waals surface area contributed by atoms with Crippen molar-refractivity contribution in [2.45, 2.75) is 70.6 Å². The number of primary amides is 1. The van der Waals surface area contributed by atoms with Crippen molar-refractivity contribution in [2.75, 3.05) is 0 Å². The summed E-state index contributed by atoms with van der Waals surface area (Å²) in [7, 11) is 0. The number of rotatable bonds is 14. The molecule has 0 fully saturated rings. The minimum Gasteiger partial charge on any atom is -0.508 e. The van der Waals surface area contributed by atoms with Gasteiger partial charge in [0.15, 0.2) is 0 Å². The second kappa shape index (κ2) is 13.9. The van der Waals surface area contributed by atoms with E-state index in [4.69, 9.17) is 11.5 Å². The number of aliphatic carboxylic acids is 1. The first-order valence-corrected chi connectivity index (χ1v) is 11.3. The number of aromatic hydroxyl groups is 1. The highest BCUT2D eigenvalue weighted by atomic mass is 16.4. The minimum absolute atomic E-state index is 0.0177. The van der Waals surface area contributed by atoms with E-state index in [1.807, 2.05) is 6.92 Å². The molecule has 4 amide bonds. The Bertz CT molecular complexity index is 906. The lowest BCUT2D eigenvalue weighted by Crippen LogP contribution is -2.57. The maximum absolute atomic E-state index is 12.8. The highest BCUT2D eigenvalue weighted by Gasteiger charge is 2.29. The fourth-order valence-corrected chi connectivity index (χ4v) is 3.08. The van der Waals surface area contributed by atoms with Crippen LogP contribution in [0, 0.1) is 5.92 Å². The maximum atomic E-state index is 12.8. The molecule has 0 aromatic heterocycles. The number of carbonyl (C=O) groups excluding carboxylic acids is 4. The Morgan fingerprint density at radius 3 is 2.00 bits per heavy atom. The molecule has 1 aromatic carbocycles. The van der Waals surface area contributed by atoms with Crippen molar-refractivity contribution >= 4 is 29.6 Å². The molecule has 0 aliphatic rings. The summed E-state index contributed by atoms with van der Waals surface area (Å²) in [5.74, 6) is -4.18. The Hall–Kier alpha value is -3.67.